The van der Waals surface area contributed by atoms with E-state index in [1.54, 1.807) is 7.11 Å². The van der Waals surface area contributed by atoms with E-state index in [0.717, 1.165) is 48.8 Å². The molecule has 1 aromatic heterocycles. The maximum absolute atomic E-state index is 12.8. The van der Waals surface area contributed by atoms with E-state index < -0.39 is 0 Å². The van der Waals surface area contributed by atoms with Crippen molar-refractivity contribution in [2.45, 2.75) is 44.2 Å². The summed E-state index contributed by atoms with van der Waals surface area (Å²) in [7, 11) is 1.63. The monoisotopic (exact) mass is 398 g/mol. The molecule has 1 aromatic carbocycles. The van der Waals surface area contributed by atoms with Gasteiger partial charge in [-0.1, -0.05) is 11.6 Å². The Hall–Kier alpha value is -2.34. The topological polar surface area (TPSA) is 67.3 Å². The van der Waals surface area contributed by atoms with Crippen molar-refractivity contribution in [3.05, 3.63) is 46.4 Å². The molecule has 6 nitrogen and oxygen atoms in total. The number of carbonyl (C=O) groups excluding carboxylic acids is 1. The quantitative estimate of drug-likeness (QED) is 0.782. The number of aromatic nitrogens is 2. The summed E-state index contributed by atoms with van der Waals surface area (Å²) in [6.45, 7) is 2.83. The van der Waals surface area contributed by atoms with Gasteiger partial charge in [0.25, 0.3) is 5.91 Å². The first kappa shape index (κ1) is 17.7. The highest BCUT2D eigenvalue weighted by molar-refractivity contribution is 6.29. The van der Waals surface area contributed by atoms with E-state index in [1.165, 1.54) is 0 Å². The third kappa shape index (κ3) is 3.00. The van der Waals surface area contributed by atoms with E-state index in [1.807, 2.05) is 31.2 Å². The van der Waals surface area contributed by atoms with Gasteiger partial charge in [0.05, 0.1) is 19.2 Å². The van der Waals surface area contributed by atoms with E-state index in [-0.39, 0.29) is 18.0 Å². The second kappa shape index (κ2) is 6.62. The van der Waals surface area contributed by atoms with Crippen molar-refractivity contribution < 1.29 is 9.53 Å². The first-order valence-electron chi connectivity index (χ1n) is 9.80. The summed E-state index contributed by atoms with van der Waals surface area (Å²) in [5.41, 5.74) is 1.61. The standard InChI is InChI=1S/C21H23ClN4O2/c1-11-7-14(28-2)5-6-15(11)21(27)25-19-13-8-16(19)26(10-13)18-9-17(22)23-20(24-18)12-3-4-12/h5-7,9,12-13,16,19H,3-4,8,10H2,1-2H3,(H,25,27). The molecule has 2 aliphatic carbocycles. The summed E-state index contributed by atoms with van der Waals surface area (Å²) in [5, 5.41) is 3.74. The number of methoxy groups -OCH3 is 1. The van der Waals surface area contributed by atoms with Crippen LogP contribution in [0.15, 0.2) is 24.3 Å². The predicted molar refractivity (Wildman–Crippen MR) is 107 cm³/mol. The fourth-order valence-electron chi connectivity index (χ4n) is 4.44. The third-order valence-corrected chi connectivity index (χ3v) is 6.40. The smallest absolute Gasteiger partial charge is 0.251 e. The van der Waals surface area contributed by atoms with Gasteiger partial charge >= 0.3 is 0 Å². The highest BCUT2D eigenvalue weighted by Crippen LogP contribution is 2.45. The van der Waals surface area contributed by atoms with E-state index in [9.17, 15) is 4.79 Å². The van der Waals surface area contributed by atoms with Crippen LogP contribution in [0.5, 0.6) is 5.75 Å². The molecule has 7 heteroatoms. The van der Waals surface area contributed by atoms with Crippen LogP contribution in [0.2, 0.25) is 5.15 Å². The first-order chi connectivity index (χ1) is 13.5. The van der Waals surface area contributed by atoms with Crippen molar-refractivity contribution in [2.75, 3.05) is 18.6 Å². The normalized spacial score (nSPS) is 25.4. The van der Waals surface area contributed by atoms with Crippen molar-refractivity contribution in [1.82, 2.24) is 15.3 Å². The van der Waals surface area contributed by atoms with E-state index >= 15 is 0 Å². The number of aryl methyl sites for hydroxylation is 1. The molecule has 4 fully saturated rings. The number of fused-ring (bicyclic) bond motifs is 1. The zero-order valence-corrected chi connectivity index (χ0v) is 16.7. The lowest BCUT2D eigenvalue weighted by atomic mass is 9.80. The van der Waals surface area contributed by atoms with Crippen LogP contribution < -0.4 is 15.0 Å². The van der Waals surface area contributed by atoms with E-state index in [2.05, 4.69) is 15.2 Å². The molecule has 1 N–H and O–H groups in total. The second-order valence-electron chi connectivity index (χ2n) is 8.08. The molecular weight excluding hydrogens is 376 g/mol. The Balaban J connectivity index is 1.31. The van der Waals surface area contributed by atoms with Crippen molar-refractivity contribution in [3.8, 4) is 5.75 Å². The number of amides is 1. The van der Waals surface area contributed by atoms with Crippen molar-refractivity contribution in [1.29, 1.82) is 0 Å². The van der Waals surface area contributed by atoms with Gasteiger partial charge in [0.15, 0.2) is 0 Å². The van der Waals surface area contributed by atoms with Gasteiger partial charge in [-0.25, -0.2) is 9.97 Å². The number of anilines is 1. The molecule has 3 atom stereocenters. The average molecular weight is 399 g/mol. The lowest BCUT2D eigenvalue weighted by molar-refractivity contribution is 0.0893. The summed E-state index contributed by atoms with van der Waals surface area (Å²) in [5.74, 6) is 3.40. The molecule has 3 unspecified atom stereocenters. The molecule has 1 amide bonds. The SMILES string of the molecule is COc1ccc(C(=O)NC2C3CC2N(c2cc(Cl)nc(C4CC4)n2)C3)c(C)c1. The number of rotatable bonds is 5. The zero-order valence-electron chi connectivity index (χ0n) is 16.0. The number of benzene rings is 1. The lowest BCUT2D eigenvalue weighted by Crippen LogP contribution is -2.54. The molecule has 2 saturated heterocycles. The van der Waals surface area contributed by atoms with Crippen LogP contribution in [-0.2, 0) is 0 Å². The third-order valence-electron chi connectivity index (χ3n) is 6.21. The number of carbonyl (C=O) groups is 1. The van der Waals surface area contributed by atoms with Gasteiger partial charge in [-0.2, -0.15) is 0 Å². The minimum atomic E-state index is -0.0268. The Kier molecular flexibility index (Phi) is 4.19. The van der Waals surface area contributed by atoms with Gasteiger partial charge in [0.1, 0.15) is 22.5 Å². The highest BCUT2D eigenvalue weighted by atomic mass is 35.5. The molecule has 0 spiro atoms. The van der Waals surface area contributed by atoms with Crippen molar-refractivity contribution in [2.24, 2.45) is 5.92 Å². The number of nitrogens with zero attached hydrogens (tertiary/aromatic N) is 3. The van der Waals surface area contributed by atoms with E-state index in [4.69, 9.17) is 21.3 Å². The molecule has 2 bridgehead atoms. The van der Waals surface area contributed by atoms with Crippen LogP contribution in [0.1, 0.15) is 46.9 Å². The van der Waals surface area contributed by atoms with Gasteiger partial charge in [-0.15, -0.1) is 0 Å². The second-order valence-corrected chi connectivity index (χ2v) is 8.46. The zero-order chi connectivity index (χ0) is 19.4. The Bertz CT molecular complexity index is 946. The summed E-state index contributed by atoms with van der Waals surface area (Å²) in [4.78, 5) is 24.3. The van der Waals surface area contributed by atoms with Crippen LogP contribution >= 0.6 is 11.6 Å². The van der Waals surface area contributed by atoms with Crippen LogP contribution in [0.25, 0.3) is 0 Å². The van der Waals surface area contributed by atoms with Gasteiger partial charge < -0.3 is 15.0 Å². The van der Waals surface area contributed by atoms with E-state index in [0.29, 0.717) is 22.6 Å². The maximum atomic E-state index is 12.8. The summed E-state index contributed by atoms with van der Waals surface area (Å²) in [6.07, 6.45) is 3.37. The molecule has 6 rings (SSSR count). The number of nitrogens with one attached hydrogen (secondary N) is 1. The summed E-state index contributed by atoms with van der Waals surface area (Å²) >= 11 is 6.25. The minimum absolute atomic E-state index is 0.0268. The number of hydrogen-bond donors (Lipinski definition) is 1. The number of hydrogen-bond acceptors (Lipinski definition) is 5. The Labute approximate surface area is 169 Å². The Morgan fingerprint density at radius 1 is 1.29 bits per heavy atom. The fraction of sp³-hybridized carbons (Fsp3) is 0.476. The van der Waals surface area contributed by atoms with Crippen LogP contribution in [0, 0.1) is 12.8 Å². The largest absolute Gasteiger partial charge is 0.497 e. The molecule has 2 aliphatic heterocycles. The summed E-state index contributed by atoms with van der Waals surface area (Å²) < 4.78 is 5.23. The molecular formula is C21H23ClN4O2. The first-order valence-corrected chi connectivity index (χ1v) is 10.2. The van der Waals surface area contributed by atoms with Crippen molar-refractivity contribution >= 4 is 23.3 Å². The minimum Gasteiger partial charge on any atom is -0.497 e. The molecule has 2 aromatic rings. The predicted octanol–water partition coefficient (Wildman–Crippen LogP) is 3.33. The highest BCUT2D eigenvalue weighted by Gasteiger charge is 2.53. The van der Waals surface area contributed by atoms with Crippen LogP contribution in [0.4, 0.5) is 5.82 Å². The van der Waals surface area contributed by atoms with Crippen molar-refractivity contribution in [3.63, 3.8) is 0 Å². The Morgan fingerprint density at radius 2 is 2.11 bits per heavy atom. The fourth-order valence-corrected chi connectivity index (χ4v) is 4.62. The lowest BCUT2D eigenvalue weighted by Gasteiger charge is -2.37. The molecule has 0 radical (unpaired) electrons. The number of halogens is 1. The average Bonchev–Trinajstić information content (AvgIpc) is 3.34. The molecule has 146 valence electrons. The maximum Gasteiger partial charge on any atom is 0.251 e. The van der Waals surface area contributed by atoms with Gasteiger partial charge in [0, 0.05) is 30.0 Å². The Morgan fingerprint density at radius 3 is 2.82 bits per heavy atom. The van der Waals surface area contributed by atoms with Gasteiger partial charge in [-0.3, -0.25) is 4.79 Å². The molecule has 3 heterocycles. The molecule has 4 aliphatic rings. The van der Waals surface area contributed by atoms with Gasteiger partial charge in [-0.05, 0) is 49.9 Å². The van der Waals surface area contributed by atoms with Gasteiger partial charge in [0.2, 0.25) is 0 Å². The number of ether oxygens (including phenoxy) is 1. The van der Waals surface area contributed by atoms with Crippen LogP contribution in [0.3, 0.4) is 0 Å². The van der Waals surface area contributed by atoms with Crippen LogP contribution in [-0.4, -0.2) is 41.6 Å². The molecule has 2 saturated carbocycles. The summed E-state index contributed by atoms with van der Waals surface area (Å²) in [6, 6.07) is 7.80. The molecule has 28 heavy (non-hydrogen) atoms.